The lowest BCUT2D eigenvalue weighted by Gasteiger charge is -2.22. The molecule has 0 aliphatic heterocycles. The van der Waals surface area contributed by atoms with Crippen molar-refractivity contribution in [3.05, 3.63) is 0 Å². The fourth-order valence-electron chi connectivity index (χ4n) is 5.60. The smallest absolute Gasteiger partial charge is 0.342 e. The standard InChI is InChI=1S/C37H74NO7PS/c1-3-5-7-9-11-13-15-17-19-21-23-25-27-29-35(39)43-32-34(33-44-46(41,42)37(47)31-38)45-36(40)30-28-26-24-22-20-18-16-14-12-10-8-6-4-2/h34,37,47H,3-33,38H2,1-2H3,(H,41,42)/t34-,37?/m1/s1. The van der Waals surface area contributed by atoms with Gasteiger partial charge in [0.15, 0.2) is 6.10 Å². The SMILES string of the molecule is CCCCCCCCCCCCCCCC(=O)OC[C@H](COP(=O)(O)C(S)CN)OC(=O)CCCCCCCCCCCCCCC. The van der Waals surface area contributed by atoms with E-state index in [9.17, 15) is 19.0 Å². The molecule has 0 bridgehead atoms. The maximum absolute atomic E-state index is 12.5. The normalized spacial score (nSPS) is 14.1. The molecule has 3 N–H and O–H groups in total. The predicted octanol–water partition coefficient (Wildman–Crippen LogP) is 10.8. The van der Waals surface area contributed by atoms with Crippen LogP contribution in [0, 0.1) is 0 Å². The summed E-state index contributed by atoms with van der Waals surface area (Å²) in [6, 6.07) is 0. The molecule has 280 valence electrons. The Morgan fingerprint density at radius 1 is 0.596 bits per heavy atom. The van der Waals surface area contributed by atoms with Crippen LogP contribution in [-0.2, 0) is 28.2 Å². The van der Waals surface area contributed by atoms with Gasteiger partial charge in [0, 0.05) is 19.4 Å². The van der Waals surface area contributed by atoms with Crippen molar-refractivity contribution in [2.24, 2.45) is 5.73 Å². The molecule has 0 radical (unpaired) electrons. The largest absolute Gasteiger partial charge is 0.462 e. The van der Waals surface area contributed by atoms with Crippen LogP contribution >= 0.6 is 20.2 Å². The Labute approximate surface area is 294 Å². The molecule has 0 aromatic rings. The molecule has 0 heterocycles. The summed E-state index contributed by atoms with van der Waals surface area (Å²) in [5.41, 5.74) is 5.46. The Balaban J connectivity index is 4.21. The van der Waals surface area contributed by atoms with Crippen LogP contribution < -0.4 is 5.73 Å². The first-order valence-corrected chi connectivity index (χ1v) is 21.6. The Kier molecular flexibility index (Phi) is 33.4. The highest BCUT2D eigenvalue weighted by Crippen LogP contribution is 2.48. The Morgan fingerprint density at radius 2 is 0.936 bits per heavy atom. The average molecular weight is 708 g/mol. The Hall–Kier alpha value is -0.600. The molecular formula is C37H74NO7PS. The van der Waals surface area contributed by atoms with E-state index in [0.29, 0.717) is 12.8 Å². The molecule has 0 rings (SSSR count). The zero-order valence-electron chi connectivity index (χ0n) is 30.4. The second-order valence-electron chi connectivity index (χ2n) is 13.4. The molecule has 0 aromatic heterocycles. The van der Waals surface area contributed by atoms with Crippen LogP contribution in [0.15, 0.2) is 0 Å². The molecule has 47 heavy (non-hydrogen) atoms. The quantitative estimate of drug-likeness (QED) is 0.0254. The van der Waals surface area contributed by atoms with Gasteiger partial charge in [-0.15, -0.1) is 0 Å². The zero-order valence-corrected chi connectivity index (χ0v) is 32.2. The van der Waals surface area contributed by atoms with Gasteiger partial charge in [0.1, 0.15) is 11.6 Å². The molecule has 0 fully saturated rings. The highest BCUT2D eigenvalue weighted by atomic mass is 32.1. The van der Waals surface area contributed by atoms with Gasteiger partial charge in [-0.25, -0.2) is 0 Å². The zero-order chi connectivity index (χ0) is 34.9. The van der Waals surface area contributed by atoms with Crippen LogP contribution in [0.4, 0.5) is 0 Å². The second-order valence-corrected chi connectivity index (χ2v) is 16.4. The van der Waals surface area contributed by atoms with Gasteiger partial charge >= 0.3 is 19.5 Å². The minimum Gasteiger partial charge on any atom is -0.462 e. The number of ether oxygens (including phenoxy) is 2. The Morgan fingerprint density at radius 3 is 1.30 bits per heavy atom. The van der Waals surface area contributed by atoms with E-state index in [1.54, 1.807) is 0 Å². The van der Waals surface area contributed by atoms with Gasteiger partial charge in [-0.3, -0.25) is 14.2 Å². The summed E-state index contributed by atoms with van der Waals surface area (Å²) in [5, 5.41) is 0. The number of thiol groups is 1. The lowest BCUT2D eigenvalue weighted by Crippen LogP contribution is -2.30. The van der Waals surface area contributed by atoms with Crippen molar-refractivity contribution in [3.63, 3.8) is 0 Å². The third-order valence-corrected chi connectivity index (χ3v) is 11.3. The first-order chi connectivity index (χ1) is 22.8. The second kappa shape index (κ2) is 33.9. The third-order valence-electron chi connectivity index (χ3n) is 8.73. The van der Waals surface area contributed by atoms with Gasteiger partial charge in [-0.05, 0) is 12.8 Å². The van der Waals surface area contributed by atoms with E-state index in [1.165, 1.54) is 128 Å². The third kappa shape index (κ3) is 31.1. The highest BCUT2D eigenvalue weighted by Gasteiger charge is 2.30. The summed E-state index contributed by atoms with van der Waals surface area (Å²) in [6.07, 6.45) is 31.3. The number of unbranched alkanes of at least 4 members (excludes halogenated alkanes) is 24. The van der Waals surface area contributed by atoms with Crippen molar-refractivity contribution in [1.82, 2.24) is 0 Å². The van der Waals surface area contributed by atoms with Crippen molar-refractivity contribution >= 4 is 32.2 Å². The molecule has 0 aliphatic carbocycles. The van der Waals surface area contributed by atoms with Crippen molar-refractivity contribution in [3.8, 4) is 0 Å². The van der Waals surface area contributed by atoms with Crippen LogP contribution in [0.25, 0.3) is 0 Å². The van der Waals surface area contributed by atoms with E-state index in [-0.39, 0.29) is 32.1 Å². The van der Waals surface area contributed by atoms with Crippen LogP contribution in [-0.4, -0.2) is 47.7 Å². The Bertz CT molecular complexity index is 773. The van der Waals surface area contributed by atoms with Gasteiger partial charge in [0.25, 0.3) is 0 Å². The summed E-state index contributed by atoms with van der Waals surface area (Å²) < 4.78 is 28.4. The molecule has 8 nitrogen and oxygen atoms in total. The average Bonchev–Trinajstić information content (AvgIpc) is 3.06. The minimum atomic E-state index is -4.12. The van der Waals surface area contributed by atoms with E-state index in [0.717, 1.165) is 32.1 Å². The van der Waals surface area contributed by atoms with Crippen molar-refractivity contribution < 1.29 is 33.0 Å². The molecule has 2 unspecified atom stereocenters. The lowest BCUT2D eigenvalue weighted by atomic mass is 10.0. The first kappa shape index (κ1) is 46.4. The van der Waals surface area contributed by atoms with E-state index in [1.807, 2.05) is 0 Å². The summed E-state index contributed by atoms with van der Waals surface area (Å²) in [7, 11) is -4.12. The van der Waals surface area contributed by atoms with Crippen LogP contribution in [0.5, 0.6) is 0 Å². The van der Waals surface area contributed by atoms with Gasteiger partial charge in [0.2, 0.25) is 0 Å². The minimum absolute atomic E-state index is 0.144. The molecule has 0 amide bonds. The molecule has 0 saturated carbocycles. The lowest BCUT2D eigenvalue weighted by molar-refractivity contribution is -0.161. The number of hydrogen-bond donors (Lipinski definition) is 3. The predicted molar refractivity (Wildman–Crippen MR) is 199 cm³/mol. The topological polar surface area (TPSA) is 125 Å². The summed E-state index contributed by atoms with van der Waals surface area (Å²) in [5.74, 6) is -0.796. The van der Waals surface area contributed by atoms with Crippen LogP contribution in [0.2, 0.25) is 0 Å². The van der Waals surface area contributed by atoms with E-state index < -0.39 is 24.7 Å². The molecule has 10 heteroatoms. The highest BCUT2D eigenvalue weighted by molar-refractivity contribution is 7.89. The molecule has 0 aliphatic rings. The van der Waals surface area contributed by atoms with Crippen LogP contribution in [0.3, 0.4) is 0 Å². The number of esters is 2. The fraction of sp³-hybridized carbons (Fsp3) is 0.946. The van der Waals surface area contributed by atoms with E-state index >= 15 is 0 Å². The van der Waals surface area contributed by atoms with Crippen molar-refractivity contribution in [1.29, 1.82) is 0 Å². The van der Waals surface area contributed by atoms with Gasteiger partial charge in [-0.2, -0.15) is 12.6 Å². The molecular weight excluding hydrogens is 633 g/mol. The van der Waals surface area contributed by atoms with Gasteiger partial charge in [0.05, 0.1) is 6.61 Å². The molecule has 0 spiro atoms. The monoisotopic (exact) mass is 707 g/mol. The molecule has 0 aromatic carbocycles. The maximum Gasteiger partial charge on any atom is 0.342 e. The number of carbonyl (C=O) groups is 2. The fourth-order valence-corrected chi connectivity index (χ4v) is 6.62. The number of carbonyl (C=O) groups excluding carboxylic acids is 2. The molecule has 3 atom stereocenters. The maximum atomic E-state index is 12.5. The van der Waals surface area contributed by atoms with Gasteiger partial charge in [-0.1, -0.05) is 168 Å². The summed E-state index contributed by atoms with van der Waals surface area (Å²) in [6.45, 7) is 3.76. The van der Waals surface area contributed by atoms with Crippen molar-refractivity contribution in [2.75, 3.05) is 19.8 Å². The summed E-state index contributed by atoms with van der Waals surface area (Å²) >= 11 is 4.02. The first-order valence-electron chi connectivity index (χ1n) is 19.5. The number of rotatable bonds is 36. The van der Waals surface area contributed by atoms with Gasteiger partial charge < -0.3 is 24.6 Å². The number of nitrogens with two attached hydrogens (primary N) is 1. The van der Waals surface area contributed by atoms with Crippen LogP contribution in [0.1, 0.15) is 194 Å². The van der Waals surface area contributed by atoms with Crippen molar-refractivity contribution in [2.45, 2.75) is 205 Å². The summed E-state index contributed by atoms with van der Waals surface area (Å²) in [4.78, 5) is 33.9. The van der Waals surface area contributed by atoms with E-state index in [2.05, 4.69) is 26.5 Å². The molecule has 0 saturated heterocycles. The number of hydrogen-bond acceptors (Lipinski definition) is 8. The van der Waals surface area contributed by atoms with E-state index in [4.69, 9.17) is 19.7 Å².